The third-order valence-electron chi connectivity index (χ3n) is 2.46. The van der Waals surface area contributed by atoms with Crippen LogP contribution in [0.1, 0.15) is 12.5 Å². The molecule has 0 aliphatic carbocycles. The van der Waals surface area contributed by atoms with Gasteiger partial charge in [0.05, 0.1) is 0 Å². The van der Waals surface area contributed by atoms with Crippen LogP contribution in [0.4, 0.5) is 10.5 Å². The number of rotatable bonds is 4. The summed E-state index contributed by atoms with van der Waals surface area (Å²) in [6.07, 6.45) is 0.864. The van der Waals surface area contributed by atoms with Gasteiger partial charge in [0.2, 0.25) is 0 Å². The number of amides is 2. The molecule has 0 aromatic heterocycles. The number of carbonyl (C=O) groups is 1. The summed E-state index contributed by atoms with van der Waals surface area (Å²) in [6.45, 7) is 3.27. The van der Waals surface area contributed by atoms with Crippen molar-refractivity contribution in [2.24, 2.45) is 5.73 Å². The fourth-order valence-corrected chi connectivity index (χ4v) is 1.28. The van der Waals surface area contributed by atoms with E-state index in [-0.39, 0.29) is 6.03 Å². The van der Waals surface area contributed by atoms with Crippen LogP contribution < -0.4 is 11.1 Å². The highest BCUT2D eigenvalue weighted by atomic mass is 16.2. The van der Waals surface area contributed by atoms with Crippen molar-refractivity contribution in [2.45, 2.75) is 13.3 Å². The van der Waals surface area contributed by atoms with Crippen molar-refractivity contribution >= 4 is 11.7 Å². The van der Waals surface area contributed by atoms with E-state index >= 15 is 0 Å². The van der Waals surface area contributed by atoms with Gasteiger partial charge in [0.25, 0.3) is 0 Å². The van der Waals surface area contributed by atoms with Crippen molar-refractivity contribution in [2.75, 3.05) is 25.5 Å². The number of benzene rings is 1. The molecule has 0 aliphatic heterocycles. The van der Waals surface area contributed by atoms with Crippen LogP contribution in [0.5, 0.6) is 0 Å². The van der Waals surface area contributed by atoms with Crippen LogP contribution in [0.3, 0.4) is 0 Å². The Balaban J connectivity index is 2.58. The summed E-state index contributed by atoms with van der Waals surface area (Å²) >= 11 is 0. The normalized spacial score (nSPS) is 9.94. The zero-order valence-electron chi connectivity index (χ0n) is 9.86. The van der Waals surface area contributed by atoms with Crippen molar-refractivity contribution < 1.29 is 4.79 Å². The Kier molecular flexibility index (Phi) is 4.79. The zero-order chi connectivity index (χ0) is 12.0. The third kappa shape index (κ3) is 3.55. The van der Waals surface area contributed by atoms with Crippen molar-refractivity contribution in [3.63, 3.8) is 0 Å². The minimum Gasteiger partial charge on any atom is -0.330 e. The van der Waals surface area contributed by atoms with Crippen LogP contribution in [-0.4, -0.2) is 31.1 Å². The summed E-state index contributed by atoms with van der Waals surface area (Å²) in [5.74, 6) is 0. The zero-order valence-corrected chi connectivity index (χ0v) is 9.86. The first-order valence-corrected chi connectivity index (χ1v) is 5.48. The minimum absolute atomic E-state index is 0.0888. The molecule has 0 unspecified atom stereocenters. The van der Waals surface area contributed by atoms with E-state index in [0.29, 0.717) is 13.1 Å². The van der Waals surface area contributed by atoms with E-state index in [9.17, 15) is 4.79 Å². The lowest BCUT2D eigenvalue weighted by atomic mass is 10.1. The van der Waals surface area contributed by atoms with E-state index < -0.39 is 0 Å². The first-order valence-electron chi connectivity index (χ1n) is 5.48. The Morgan fingerprint density at radius 3 is 2.50 bits per heavy atom. The van der Waals surface area contributed by atoms with E-state index in [1.54, 1.807) is 11.9 Å². The number of nitrogens with zero attached hydrogens (tertiary/aromatic N) is 1. The molecule has 0 atom stereocenters. The van der Waals surface area contributed by atoms with Crippen LogP contribution >= 0.6 is 0 Å². The molecular weight excluding hydrogens is 202 g/mol. The quantitative estimate of drug-likeness (QED) is 0.812. The Morgan fingerprint density at radius 1 is 1.38 bits per heavy atom. The monoisotopic (exact) mass is 221 g/mol. The van der Waals surface area contributed by atoms with Gasteiger partial charge >= 0.3 is 6.03 Å². The van der Waals surface area contributed by atoms with Crippen LogP contribution in [0, 0.1) is 0 Å². The molecule has 0 saturated heterocycles. The van der Waals surface area contributed by atoms with Crippen LogP contribution in [0.25, 0.3) is 0 Å². The van der Waals surface area contributed by atoms with Gasteiger partial charge in [0.15, 0.2) is 0 Å². The Hall–Kier alpha value is -1.55. The second-order valence-electron chi connectivity index (χ2n) is 3.68. The topological polar surface area (TPSA) is 58.4 Å². The van der Waals surface area contributed by atoms with Crippen molar-refractivity contribution in [3.8, 4) is 0 Å². The Morgan fingerprint density at radius 2 is 2.00 bits per heavy atom. The molecule has 4 nitrogen and oxygen atoms in total. The largest absolute Gasteiger partial charge is 0.330 e. The Labute approximate surface area is 96.4 Å². The molecule has 0 saturated carbocycles. The average Bonchev–Trinajstić information content (AvgIpc) is 2.31. The van der Waals surface area contributed by atoms with Gasteiger partial charge in [-0.05, 0) is 37.6 Å². The van der Waals surface area contributed by atoms with E-state index in [4.69, 9.17) is 5.73 Å². The molecule has 0 radical (unpaired) electrons. The minimum atomic E-state index is -0.0888. The van der Waals surface area contributed by atoms with Crippen molar-refractivity contribution in [3.05, 3.63) is 29.8 Å². The van der Waals surface area contributed by atoms with E-state index in [1.807, 2.05) is 31.2 Å². The molecule has 0 aliphatic rings. The molecule has 88 valence electrons. The van der Waals surface area contributed by atoms with Gasteiger partial charge in [-0.1, -0.05) is 12.1 Å². The number of hydrogen-bond acceptors (Lipinski definition) is 2. The van der Waals surface area contributed by atoms with Gasteiger partial charge in [0, 0.05) is 19.3 Å². The van der Waals surface area contributed by atoms with Gasteiger partial charge in [-0.2, -0.15) is 0 Å². The molecule has 0 heterocycles. The fraction of sp³-hybridized carbons (Fsp3) is 0.417. The lowest BCUT2D eigenvalue weighted by molar-refractivity contribution is 0.224. The maximum atomic E-state index is 11.5. The number of carbonyl (C=O) groups excluding carboxylic acids is 1. The number of nitrogens with two attached hydrogens (primary N) is 1. The SMILES string of the molecule is CCN(C)C(=O)Nc1ccc(CCN)cc1. The molecule has 4 heteroatoms. The van der Waals surface area contributed by atoms with Gasteiger partial charge in [-0.25, -0.2) is 4.79 Å². The molecular formula is C12H19N3O. The first-order chi connectivity index (χ1) is 7.67. The molecule has 0 bridgehead atoms. The van der Waals surface area contributed by atoms with Gasteiger partial charge in [-0.15, -0.1) is 0 Å². The molecule has 16 heavy (non-hydrogen) atoms. The highest BCUT2D eigenvalue weighted by molar-refractivity contribution is 5.89. The predicted molar refractivity (Wildman–Crippen MR) is 66.5 cm³/mol. The second-order valence-corrected chi connectivity index (χ2v) is 3.68. The van der Waals surface area contributed by atoms with Gasteiger partial charge < -0.3 is 16.0 Å². The molecule has 2 amide bonds. The average molecular weight is 221 g/mol. The molecule has 1 aromatic carbocycles. The second kappa shape index (κ2) is 6.12. The number of hydrogen-bond donors (Lipinski definition) is 2. The molecule has 0 fully saturated rings. The summed E-state index contributed by atoms with van der Waals surface area (Å²) in [6, 6.07) is 7.66. The third-order valence-corrected chi connectivity index (χ3v) is 2.46. The maximum Gasteiger partial charge on any atom is 0.321 e. The summed E-state index contributed by atoms with van der Waals surface area (Å²) in [7, 11) is 1.76. The molecule has 1 aromatic rings. The summed E-state index contributed by atoms with van der Waals surface area (Å²) in [4.78, 5) is 13.2. The van der Waals surface area contributed by atoms with Crippen LogP contribution in [-0.2, 0) is 6.42 Å². The fourth-order valence-electron chi connectivity index (χ4n) is 1.28. The number of urea groups is 1. The van der Waals surface area contributed by atoms with E-state index in [0.717, 1.165) is 12.1 Å². The molecule has 1 rings (SSSR count). The summed E-state index contributed by atoms with van der Waals surface area (Å²) in [5, 5.41) is 2.82. The summed E-state index contributed by atoms with van der Waals surface area (Å²) < 4.78 is 0. The van der Waals surface area contributed by atoms with E-state index in [2.05, 4.69) is 5.32 Å². The van der Waals surface area contributed by atoms with Gasteiger partial charge in [-0.3, -0.25) is 0 Å². The van der Waals surface area contributed by atoms with Crippen molar-refractivity contribution in [1.82, 2.24) is 4.90 Å². The lowest BCUT2D eigenvalue weighted by Crippen LogP contribution is -2.30. The lowest BCUT2D eigenvalue weighted by Gasteiger charge is -2.15. The standard InChI is InChI=1S/C12H19N3O/c1-3-15(2)12(16)14-11-6-4-10(5-7-11)8-9-13/h4-7H,3,8-9,13H2,1-2H3,(H,14,16). The Bertz CT molecular complexity index is 335. The maximum absolute atomic E-state index is 11.5. The van der Waals surface area contributed by atoms with E-state index in [1.165, 1.54) is 5.56 Å². The van der Waals surface area contributed by atoms with Crippen LogP contribution in [0.2, 0.25) is 0 Å². The molecule has 3 N–H and O–H groups in total. The van der Waals surface area contributed by atoms with Crippen molar-refractivity contribution in [1.29, 1.82) is 0 Å². The van der Waals surface area contributed by atoms with Crippen LogP contribution in [0.15, 0.2) is 24.3 Å². The predicted octanol–water partition coefficient (Wildman–Crippen LogP) is 1.67. The molecule has 0 spiro atoms. The first kappa shape index (κ1) is 12.5. The highest BCUT2D eigenvalue weighted by Crippen LogP contribution is 2.10. The number of anilines is 1. The van der Waals surface area contributed by atoms with Gasteiger partial charge in [0.1, 0.15) is 0 Å². The highest BCUT2D eigenvalue weighted by Gasteiger charge is 2.05. The summed E-state index contributed by atoms with van der Waals surface area (Å²) in [5.41, 5.74) is 7.46. The smallest absolute Gasteiger partial charge is 0.321 e. The number of nitrogens with one attached hydrogen (secondary N) is 1.